The molecule has 22 heavy (non-hydrogen) atoms. The van der Waals surface area contributed by atoms with Crippen molar-refractivity contribution in [1.82, 2.24) is 0 Å². The van der Waals surface area contributed by atoms with E-state index in [9.17, 15) is 21.2 Å². The molecule has 0 saturated heterocycles. The van der Waals surface area contributed by atoms with Crippen LogP contribution in [0.4, 0.5) is 4.39 Å². The molecule has 0 aromatic heterocycles. The Kier molecular flexibility index (Phi) is 4.59. The lowest BCUT2D eigenvalue weighted by molar-refractivity contribution is 0.461. The van der Waals surface area contributed by atoms with E-state index in [0.717, 1.165) is 24.5 Å². The van der Waals surface area contributed by atoms with Crippen molar-refractivity contribution in [2.24, 2.45) is 0 Å². The summed E-state index contributed by atoms with van der Waals surface area (Å²) in [5, 5.41) is 0. The molecule has 5 nitrogen and oxygen atoms in total. The van der Waals surface area contributed by atoms with Gasteiger partial charge in [-0.2, -0.15) is 8.42 Å². The summed E-state index contributed by atoms with van der Waals surface area (Å²) in [7, 11) is -8.00. The maximum Gasteiger partial charge on any atom is 0.340 e. The SMILES string of the molecule is CS(=O)(=O)c1ccc(Br)c(S(=O)(=O)Oc2ccccc2F)c1. The van der Waals surface area contributed by atoms with Crippen molar-refractivity contribution in [3.63, 3.8) is 0 Å². The van der Waals surface area contributed by atoms with Crippen molar-refractivity contribution in [3.8, 4) is 5.75 Å². The Bertz CT molecular complexity index is 923. The van der Waals surface area contributed by atoms with E-state index in [0.29, 0.717) is 0 Å². The molecule has 0 atom stereocenters. The first-order valence-electron chi connectivity index (χ1n) is 5.80. The predicted octanol–water partition coefficient (Wildman–Crippen LogP) is 2.76. The molecule has 0 aliphatic carbocycles. The van der Waals surface area contributed by atoms with E-state index in [4.69, 9.17) is 4.18 Å². The molecule has 0 N–H and O–H groups in total. The summed E-state index contributed by atoms with van der Waals surface area (Å²) < 4.78 is 65.9. The molecule has 0 aliphatic rings. The Morgan fingerprint density at radius 3 is 2.27 bits per heavy atom. The van der Waals surface area contributed by atoms with Gasteiger partial charge in [-0.05, 0) is 46.3 Å². The van der Waals surface area contributed by atoms with Gasteiger partial charge < -0.3 is 4.18 Å². The molecule has 118 valence electrons. The van der Waals surface area contributed by atoms with Gasteiger partial charge in [-0.25, -0.2) is 12.8 Å². The summed E-state index contributed by atoms with van der Waals surface area (Å²) in [6, 6.07) is 8.48. The van der Waals surface area contributed by atoms with Crippen LogP contribution in [-0.4, -0.2) is 23.1 Å². The minimum atomic E-state index is -4.40. The van der Waals surface area contributed by atoms with Crippen LogP contribution in [0.3, 0.4) is 0 Å². The van der Waals surface area contributed by atoms with Crippen LogP contribution in [0.5, 0.6) is 5.75 Å². The van der Waals surface area contributed by atoms with Crippen molar-refractivity contribution in [2.45, 2.75) is 9.79 Å². The topological polar surface area (TPSA) is 77.5 Å². The van der Waals surface area contributed by atoms with Gasteiger partial charge in [0, 0.05) is 10.7 Å². The van der Waals surface area contributed by atoms with Crippen LogP contribution in [0.1, 0.15) is 0 Å². The van der Waals surface area contributed by atoms with Gasteiger partial charge in [-0.15, -0.1) is 0 Å². The Hall–Kier alpha value is -1.45. The molecule has 0 aliphatic heterocycles. The number of halogens is 2. The largest absolute Gasteiger partial charge is 0.376 e. The van der Waals surface area contributed by atoms with Gasteiger partial charge in [-0.1, -0.05) is 12.1 Å². The van der Waals surface area contributed by atoms with Crippen LogP contribution < -0.4 is 4.18 Å². The van der Waals surface area contributed by atoms with E-state index < -0.39 is 36.4 Å². The molecule has 0 amide bonds. The lowest BCUT2D eigenvalue weighted by Crippen LogP contribution is -2.12. The molecule has 0 spiro atoms. The van der Waals surface area contributed by atoms with E-state index in [-0.39, 0.29) is 9.37 Å². The van der Waals surface area contributed by atoms with Crippen molar-refractivity contribution in [1.29, 1.82) is 0 Å². The summed E-state index contributed by atoms with van der Waals surface area (Å²) in [5.41, 5.74) is 0. The number of benzene rings is 2. The van der Waals surface area contributed by atoms with Gasteiger partial charge in [-0.3, -0.25) is 0 Å². The van der Waals surface area contributed by atoms with Crippen LogP contribution in [0.15, 0.2) is 56.7 Å². The maximum absolute atomic E-state index is 13.5. The van der Waals surface area contributed by atoms with Gasteiger partial charge in [0.1, 0.15) is 4.90 Å². The van der Waals surface area contributed by atoms with E-state index >= 15 is 0 Å². The molecule has 9 heteroatoms. The van der Waals surface area contributed by atoms with E-state index in [1.807, 2.05) is 0 Å². The number of hydrogen-bond donors (Lipinski definition) is 0. The highest BCUT2D eigenvalue weighted by Gasteiger charge is 2.23. The number of hydrogen-bond acceptors (Lipinski definition) is 5. The molecule has 0 bridgehead atoms. The van der Waals surface area contributed by atoms with Gasteiger partial charge >= 0.3 is 10.1 Å². The lowest BCUT2D eigenvalue weighted by atomic mass is 10.3. The summed E-state index contributed by atoms with van der Waals surface area (Å²) in [4.78, 5) is -0.593. The highest BCUT2D eigenvalue weighted by atomic mass is 79.9. The van der Waals surface area contributed by atoms with Crippen LogP contribution in [-0.2, 0) is 20.0 Å². The zero-order chi connectivity index (χ0) is 16.5. The average molecular weight is 409 g/mol. The lowest BCUT2D eigenvalue weighted by Gasteiger charge is -2.10. The fourth-order valence-corrected chi connectivity index (χ4v) is 4.18. The Morgan fingerprint density at radius 1 is 1.05 bits per heavy atom. The monoisotopic (exact) mass is 408 g/mol. The second kappa shape index (κ2) is 5.98. The van der Waals surface area contributed by atoms with Crippen LogP contribution in [0, 0.1) is 5.82 Å². The normalized spacial score (nSPS) is 12.1. The standard InChI is InChI=1S/C13H10BrFO5S2/c1-21(16,17)9-6-7-10(14)13(8-9)22(18,19)20-12-5-3-2-4-11(12)15/h2-8H,1H3. The predicted molar refractivity (Wildman–Crippen MR) is 81.5 cm³/mol. The smallest absolute Gasteiger partial charge is 0.340 e. The highest BCUT2D eigenvalue weighted by molar-refractivity contribution is 9.10. The average Bonchev–Trinajstić information content (AvgIpc) is 2.40. The fraction of sp³-hybridized carbons (Fsp3) is 0.0769. The number of para-hydroxylation sites is 1. The first-order chi connectivity index (χ1) is 10.1. The van der Waals surface area contributed by atoms with E-state index in [2.05, 4.69) is 15.9 Å². The maximum atomic E-state index is 13.5. The Balaban J connectivity index is 2.53. The first kappa shape index (κ1) is 16.9. The molecule has 2 aromatic carbocycles. The minimum Gasteiger partial charge on any atom is -0.376 e. The second-order valence-corrected chi connectivity index (χ2v) is 8.72. The number of sulfone groups is 1. The molecule has 0 saturated carbocycles. The van der Waals surface area contributed by atoms with E-state index in [1.165, 1.54) is 24.3 Å². The highest BCUT2D eigenvalue weighted by Crippen LogP contribution is 2.28. The fourth-order valence-electron chi connectivity index (χ4n) is 1.58. The van der Waals surface area contributed by atoms with Crippen molar-refractivity contribution in [2.75, 3.05) is 6.26 Å². The third-order valence-corrected chi connectivity index (χ3v) is 5.98. The van der Waals surface area contributed by atoms with Gasteiger partial charge in [0.25, 0.3) is 0 Å². The minimum absolute atomic E-state index is 0.108. The molecule has 0 fully saturated rings. The molecular weight excluding hydrogens is 399 g/mol. The Morgan fingerprint density at radius 2 is 1.68 bits per heavy atom. The quantitative estimate of drug-likeness (QED) is 0.726. The molecule has 0 heterocycles. The first-order valence-corrected chi connectivity index (χ1v) is 9.89. The van der Waals surface area contributed by atoms with Crippen molar-refractivity contribution in [3.05, 3.63) is 52.8 Å². The summed E-state index contributed by atoms with van der Waals surface area (Å²) in [5.74, 6) is -1.32. The third kappa shape index (κ3) is 3.65. The van der Waals surface area contributed by atoms with Gasteiger partial charge in [0.2, 0.25) is 0 Å². The molecule has 0 radical (unpaired) electrons. The second-order valence-electron chi connectivity index (χ2n) is 4.33. The zero-order valence-electron chi connectivity index (χ0n) is 11.2. The van der Waals surface area contributed by atoms with Gasteiger partial charge in [0.15, 0.2) is 21.4 Å². The van der Waals surface area contributed by atoms with Crippen molar-refractivity contribution >= 4 is 35.9 Å². The molecule has 2 aromatic rings. The Labute approximate surface area is 135 Å². The summed E-state index contributed by atoms with van der Waals surface area (Å²) >= 11 is 3.02. The van der Waals surface area contributed by atoms with E-state index in [1.54, 1.807) is 0 Å². The molecule has 2 rings (SSSR count). The van der Waals surface area contributed by atoms with Crippen molar-refractivity contribution < 1.29 is 25.4 Å². The summed E-state index contributed by atoms with van der Waals surface area (Å²) in [6.45, 7) is 0. The molecule has 0 unspecified atom stereocenters. The third-order valence-electron chi connectivity index (χ3n) is 2.64. The van der Waals surface area contributed by atoms with Crippen LogP contribution in [0.25, 0.3) is 0 Å². The zero-order valence-corrected chi connectivity index (χ0v) is 14.4. The summed E-state index contributed by atoms with van der Waals surface area (Å²) in [6.07, 6.45) is 0.949. The van der Waals surface area contributed by atoms with Crippen LogP contribution >= 0.6 is 15.9 Å². The number of rotatable bonds is 4. The van der Waals surface area contributed by atoms with Gasteiger partial charge in [0.05, 0.1) is 4.90 Å². The molecular formula is C13H10BrFO5S2. The van der Waals surface area contributed by atoms with Crippen LogP contribution in [0.2, 0.25) is 0 Å².